The fourth-order valence-electron chi connectivity index (χ4n) is 5.02. The van der Waals surface area contributed by atoms with E-state index in [4.69, 9.17) is 17.3 Å². The van der Waals surface area contributed by atoms with E-state index in [1.807, 2.05) is 34.9 Å². The summed E-state index contributed by atoms with van der Waals surface area (Å²) >= 11 is 6.67. The SMILES string of the molecule is NC(=O)c1c(-c2ccccc2)c(Cl)n2c1CN(C(=O)NC13C=CC(CC1)C3)CC2. The first-order valence-corrected chi connectivity index (χ1v) is 10.4. The van der Waals surface area contributed by atoms with Crippen LogP contribution in [0.15, 0.2) is 42.5 Å². The summed E-state index contributed by atoms with van der Waals surface area (Å²) in [7, 11) is 0. The largest absolute Gasteiger partial charge is 0.366 e. The molecule has 7 heteroatoms. The molecule has 1 aromatic carbocycles. The molecule has 2 bridgehead atoms. The molecule has 2 aliphatic carbocycles. The highest BCUT2D eigenvalue weighted by molar-refractivity contribution is 6.33. The first-order chi connectivity index (χ1) is 14.0. The van der Waals surface area contributed by atoms with Crippen molar-refractivity contribution >= 4 is 23.5 Å². The Labute approximate surface area is 174 Å². The summed E-state index contributed by atoms with van der Waals surface area (Å²) in [6.07, 6.45) is 7.45. The number of amides is 3. The van der Waals surface area contributed by atoms with Crippen LogP contribution in [0.2, 0.25) is 5.15 Å². The van der Waals surface area contributed by atoms with E-state index >= 15 is 0 Å². The molecule has 6 nitrogen and oxygen atoms in total. The van der Waals surface area contributed by atoms with E-state index in [-0.39, 0.29) is 11.6 Å². The maximum atomic E-state index is 13.0. The molecule has 1 saturated carbocycles. The normalized spacial score (nSPS) is 24.6. The van der Waals surface area contributed by atoms with E-state index in [0.717, 1.165) is 24.8 Å². The number of hydrogen-bond donors (Lipinski definition) is 2. The summed E-state index contributed by atoms with van der Waals surface area (Å²) in [5.41, 5.74) is 8.14. The molecule has 2 heterocycles. The fourth-order valence-corrected chi connectivity index (χ4v) is 5.41. The minimum absolute atomic E-state index is 0.0996. The second kappa shape index (κ2) is 6.66. The molecule has 150 valence electrons. The zero-order valence-electron chi connectivity index (χ0n) is 16.0. The minimum atomic E-state index is -0.530. The minimum Gasteiger partial charge on any atom is -0.366 e. The van der Waals surface area contributed by atoms with Crippen molar-refractivity contribution in [3.05, 3.63) is 58.9 Å². The summed E-state index contributed by atoms with van der Waals surface area (Å²) in [6, 6.07) is 9.43. The molecule has 1 fully saturated rings. The summed E-state index contributed by atoms with van der Waals surface area (Å²) in [6.45, 7) is 1.36. The molecule has 5 rings (SSSR count). The van der Waals surface area contributed by atoms with Crippen LogP contribution in [-0.4, -0.2) is 33.5 Å². The fraction of sp³-hybridized carbons (Fsp3) is 0.364. The van der Waals surface area contributed by atoms with Crippen molar-refractivity contribution < 1.29 is 9.59 Å². The highest BCUT2D eigenvalue weighted by Crippen LogP contribution is 2.43. The van der Waals surface area contributed by atoms with Gasteiger partial charge >= 0.3 is 6.03 Å². The number of allylic oxidation sites excluding steroid dienone is 1. The molecule has 1 aromatic heterocycles. The molecule has 2 aromatic rings. The zero-order valence-corrected chi connectivity index (χ0v) is 16.8. The van der Waals surface area contributed by atoms with Gasteiger partial charge in [0.25, 0.3) is 5.91 Å². The number of benzene rings is 1. The Hall–Kier alpha value is -2.73. The van der Waals surface area contributed by atoms with Gasteiger partial charge in [-0.25, -0.2) is 4.79 Å². The predicted octanol–water partition coefficient (Wildman–Crippen LogP) is 3.54. The Morgan fingerprint density at radius 2 is 2.00 bits per heavy atom. The first-order valence-electron chi connectivity index (χ1n) is 10.00. The average molecular weight is 411 g/mol. The Morgan fingerprint density at radius 1 is 1.21 bits per heavy atom. The lowest BCUT2D eigenvalue weighted by molar-refractivity contribution is 0.0997. The number of nitrogens with one attached hydrogen (secondary N) is 1. The molecule has 29 heavy (non-hydrogen) atoms. The third-order valence-electron chi connectivity index (χ3n) is 6.47. The Bertz CT molecular complexity index is 1030. The van der Waals surface area contributed by atoms with Crippen LogP contribution in [0.25, 0.3) is 11.1 Å². The highest BCUT2D eigenvalue weighted by Gasteiger charge is 2.43. The monoisotopic (exact) mass is 410 g/mol. The van der Waals surface area contributed by atoms with Crippen LogP contribution in [-0.2, 0) is 13.1 Å². The molecule has 0 saturated heterocycles. The number of carbonyl (C=O) groups excluding carboxylic acids is 2. The molecule has 3 aliphatic rings. The molecule has 0 radical (unpaired) electrons. The van der Waals surface area contributed by atoms with Crippen molar-refractivity contribution in [2.45, 2.75) is 37.9 Å². The van der Waals surface area contributed by atoms with Gasteiger partial charge in [-0.15, -0.1) is 0 Å². The second-order valence-corrected chi connectivity index (χ2v) is 8.60. The lowest BCUT2D eigenvalue weighted by atomic mass is 9.99. The number of nitrogens with two attached hydrogens (primary N) is 1. The van der Waals surface area contributed by atoms with E-state index in [1.165, 1.54) is 0 Å². The van der Waals surface area contributed by atoms with E-state index < -0.39 is 5.91 Å². The summed E-state index contributed by atoms with van der Waals surface area (Å²) < 4.78 is 1.91. The number of fused-ring (bicyclic) bond motifs is 3. The topological polar surface area (TPSA) is 80.4 Å². The maximum Gasteiger partial charge on any atom is 0.318 e. The van der Waals surface area contributed by atoms with Gasteiger partial charge in [-0.3, -0.25) is 4.79 Å². The van der Waals surface area contributed by atoms with E-state index in [2.05, 4.69) is 17.5 Å². The van der Waals surface area contributed by atoms with Crippen LogP contribution in [0.5, 0.6) is 0 Å². The number of urea groups is 1. The van der Waals surface area contributed by atoms with Gasteiger partial charge in [0.2, 0.25) is 0 Å². The third-order valence-corrected chi connectivity index (χ3v) is 6.86. The highest BCUT2D eigenvalue weighted by atomic mass is 35.5. The van der Waals surface area contributed by atoms with Crippen molar-refractivity contribution in [3.8, 4) is 11.1 Å². The lowest BCUT2D eigenvalue weighted by Crippen LogP contribution is -2.52. The van der Waals surface area contributed by atoms with Crippen molar-refractivity contribution in [1.82, 2.24) is 14.8 Å². The van der Waals surface area contributed by atoms with Gasteiger partial charge in [0.1, 0.15) is 5.15 Å². The molecule has 2 unspecified atom stereocenters. The third kappa shape index (κ3) is 2.94. The number of aromatic nitrogens is 1. The maximum absolute atomic E-state index is 13.0. The Balaban J connectivity index is 1.46. The van der Waals surface area contributed by atoms with Gasteiger partial charge in [0.05, 0.1) is 23.3 Å². The van der Waals surface area contributed by atoms with Crippen LogP contribution < -0.4 is 11.1 Å². The molecule has 1 aliphatic heterocycles. The zero-order chi connectivity index (χ0) is 20.2. The van der Waals surface area contributed by atoms with Crippen molar-refractivity contribution in [1.29, 1.82) is 0 Å². The summed E-state index contributed by atoms with van der Waals surface area (Å²) in [5, 5.41) is 3.72. The lowest BCUT2D eigenvalue weighted by Gasteiger charge is -2.33. The van der Waals surface area contributed by atoms with Crippen molar-refractivity contribution in [2.75, 3.05) is 6.54 Å². The van der Waals surface area contributed by atoms with Crippen LogP contribution in [0.1, 0.15) is 35.3 Å². The Kier molecular flexibility index (Phi) is 4.21. The molecule has 0 spiro atoms. The molecular weight excluding hydrogens is 388 g/mol. The van der Waals surface area contributed by atoms with Gasteiger partial charge in [-0.1, -0.05) is 54.1 Å². The molecular formula is C22H23ClN4O2. The van der Waals surface area contributed by atoms with Crippen molar-refractivity contribution in [2.24, 2.45) is 11.7 Å². The quantitative estimate of drug-likeness (QED) is 0.759. The molecule has 3 amide bonds. The first kappa shape index (κ1) is 18.3. The van der Waals surface area contributed by atoms with Crippen LogP contribution in [0.3, 0.4) is 0 Å². The number of rotatable bonds is 3. The van der Waals surface area contributed by atoms with Crippen molar-refractivity contribution in [3.63, 3.8) is 0 Å². The standard InChI is InChI=1S/C22H23ClN4O2/c23-19-17(15-4-2-1-3-5-15)18(20(24)28)16-13-26(10-11-27(16)19)21(29)25-22-8-6-14(12-22)7-9-22/h1-6,8,14H,7,9-13H2,(H2,24,28)(H,25,29). The van der Waals surface area contributed by atoms with Crippen LogP contribution in [0, 0.1) is 5.92 Å². The van der Waals surface area contributed by atoms with Gasteiger partial charge in [-0.2, -0.15) is 0 Å². The van der Waals surface area contributed by atoms with Crippen LogP contribution in [0.4, 0.5) is 4.79 Å². The van der Waals surface area contributed by atoms with Gasteiger partial charge < -0.3 is 20.5 Å². The van der Waals surface area contributed by atoms with E-state index in [0.29, 0.717) is 47.5 Å². The number of carbonyl (C=O) groups is 2. The molecule has 3 N–H and O–H groups in total. The summed E-state index contributed by atoms with van der Waals surface area (Å²) in [4.78, 5) is 27.1. The van der Waals surface area contributed by atoms with Gasteiger partial charge in [0.15, 0.2) is 0 Å². The number of primary amides is 1. The van der Waals surface area contributed by atoms with Crippen LogP contribution >= 0.6 is 11.6 Å². The molecule has 2 atom stereocenters. The predicted molar refractivity (Wildman–Crippen MR) is 112 cm³/mol. The number of hydrogen-bond acceptors (Lipinski definition) is 2. The van der Waals surface area contributed by atoms with Gasteiger partial charge in [-0.05, 0) is 30.7 Å². The van der Waals surface area contributed by atoms with E-state index in [1.54, 1.807) is 4.90 Å². The summed E-state index contributed by atoms with van der Waals surface area (Å²) in [5.74, 6) is 0.0558. The average Bonchev–Trinajstić information content (AvgIpc) is 3.39. The second-order valence-electron chi connectivity index (χ2n) is 8.24. The smallest absolute Gasteiger partial charge is 0.318 e. The van der Waals surface area contributed by atoms with Gasteiger partial charge in [0, 0.05) is 18.7 Å². The number of halogens is 1. The Morgan fingerprint density at radius 3 is 2.62 bits per heavy atom. The number of nitrogens with zero attached hydrogens (tertiary/aromatic N) is 2. The van der Waals surface area contributed by atoms with E-state index in [9.17, 15) is 9.59 Å².